The molecule has 20 heavy (non-hydrogen) atoms. The molecule has 3 aliphatic rings. The lowest BCUT2D eigenvalue weighted by molar-refractivity contribution is 0.214. The van der Waals surface area contributed by atoms with E-state index in [0.717, 1.165) is 24.0 Å². The van der Waals surface area contributed by atoms with Gasteiger partial charge in [-0.25, -0.2) is 0 Å². The number of hydrogen-bond donors (Lipinski definition) is 1. The van der Waals surface area contributed by atoms with E-state index in [1.165, 1.54) is 71.1 Å². The Morgan fingerprint density at radius 3 is 2.50 bits per heavy atom. The van der Waals surface area contributed by atoms with Gasteiger partial charge in [0.15, 0.2) is 0 Å². The third-order valence-corrected chi connectivity index (χ3v) is 6.11. The summed E-state index contributed by atoms with van der Waals surface area (Å²) in [5.74, 6) is 0.963. The number of hydrogen-bond acceptors (Lipinski definition) is 3. The highest BCUT2D eigenvalue weighted by Crippen LogP contribution is 2.28. The van der Waals surface area contributed by atoms with Gasteiger partial charge in [0, 0.05) is 37.8 Å². The van der Waals surface area contributed by atoms with Crippen molar-refractivity contribution in [3.05, 3.63) is 0 Å². The number of fused-ring (bicyclic) bond motifs is 2. The lowest BCUT2D eigenvalue weighted by Gasteiger charge is -2.29. The van der Waals surface area contributed by atoms with Gasteiger partial charge in [-0.3, -0.25) is 4.90 Å². The zero-order valence-electron chi connectivity index (χ0n) is 13.5. The van der Waals surface area contributed by atoms with Crippen LogP contribution in [-0.4, -0.2) is 61.2 Å². The van der Waals surface area contributed by atoms with Crippen LogP contribution in [0.15, 0.2) is 0 Å². The van der Waals surface area contributed by atoms with E-state index in [1.54, 1.807) is 0 Å². The Balaban J connectivity index is 1.36. The molecule has 1 saturated carbocycles. The van der Waals surface area contributed by atoms with Crippen molar-refractivity contribution in [2.75, 3.05) is 33.2 Å². The van der Waals surface area contributed by atoms with E-state index in [-0.39, 0.29) is 0 Å². The van der Waals surface area contributed by atoms with Crippen LogP contribution < -0.4 is 5.32 Å². The van der Waals surface area contributed by atoms with E-state index in [2.05, 4.69) is 29.1 Å². The van der Waals surface area contributed by atoms with E-state index in [4.69, 9.17) is 0 Å². The Morgan fingerprint density at radius 1 is 0.950 bits per heavy atom. The van der Waals surface area contributed by atoms with Gasteiger partial charge in [-0.15, -0.1) is 0 Å². The summed E-state index contributed by atoms with van der Waals surface area (Å²) < 4.78 is 0. The smallest absolute Gasteiger partial charge is 0.0223 e. The molecular weight excluding hydrogens is 246 g/mol. The summed E-state index contributed by atoms with van der Waals surface area (Å²) in [6.45, 7) is 7.47. The second-order valence-corrected chi connectivity index (χ2v) is 7.55. The van der Waals surface area contributed by atoms with Gasteiger partial charge in [-0.1, -0.05) is 6.92 Å². The lowest BCUT2D eigenvalue weighted by atomic mass is 9.87. The van der Waals surface area contributed by atoms with Crippen LogP contribution in [0.2, 0.25) is 0 Å². The van der Waals surface area contributed by atoms with Gasteiger partial charge >= 0.3 is 0 Å². The van der Waals surface area contributed by atoms with Crippen molar-refractivity contribution in [1.29, 1.82) is 0 Å². The molecule has 2 bridgehead atoms. The highest BCUT2D eigenvalue weighted by Gasteiger charge is 2.34. The fourth-order valence-corrected chi connectivity index (χ4v) is 4.47. The molecule has 3 nitrogen and oxygen atoms in total. The zero-order chi connectivity index (χ0) is 13.9. The largest absolute Gasteiger partial charge is 0.313 e. The van der Waals surface area contributed by atoms with Crippen LogP contribution >= 0.6 is 0 Å². The minimum absolute atomic E-state index is 0.803. The van der Waals surface area contributed by atoms with E-state index in [9.17, 15) is 0 Å². The van der Waals surface area contributed by atoms with E-state index in [1.807, 2.05) is 0 Å². The first-order valence-electron chi connectivity index (χ1n) is 8.90. The molecule has 3 rings (SSSR count). The molecule has 2 heterocycles. The molecule has 3 fully saturated rings. The topological polar surface area (TPSA) is 18.5 Å². The van der Waals surface area contributed by atoms with Crippen LogP contribution in [0.3, 0.4) is 0 Å². The van der Waals surface area contributed by atoms with Crippen molar-refractivity contribution in [1.82, 2.24) is 15.1 Å². The molecule has 2 atom stereocenters. The van der Waals surface area contributed by atoms with E-state index in [0.29, 0.717) is 0 Å². The van der Waals surface area contributed by atoms with Crippen molar-refractivity contribution >= 4 is 0 Å². The third-order valence-electron chi connectivity index (χ3n) is 6.11. The summed E-state index contributed by atoms with van der Waals surface area (Å²) >= 11 is 0. The van der Waals surface area contributed by atoms with Gasteiger partial charge in [-0.05, 0) is 64.5 Å². The van der Waals surface area contributed by atoms with Gasteiger partial charge in [0.2, 0.25) is 0 Å². The average Bonchev–Trinajstić information content (AvgIpc) is 2.68. The Morgan fingerprint density at radius 2 is 1.70 bits per heavy atom. The molecule has 2 aliphatic heterocycles. The zero-order valence-corrected chi connectivity index (χ0v) is 13.5. The predicted octanol–water partition coefficient (Wildman–Crippen LogP) is 2.32. The minimum Gasteiger partial charge on any atom is -0.313 e. The molecule has 1 N–H and O–H groups in total. The first-order chi connectivity index (χ1) is 9.72. The van der Waals surface area contributed by atoms with E-state index >= 15 is 0 Å². The predicted molar refractivity (Wildman–Crippen MR) is 85.1 cm³/mol. The second kappa shape index (κ2) is 6.76. The first kappa shape index (κ1) is 14.8. The molecule has 0 aromatic heterocycles. The molecule has 0 aromatic rings. The summed E-state index contributed by atoms with van der Waals surface area (Å²) in [6, 6.07) is 2.51. The molecule has 3 heteroatoms. The summed E-state index contributed by atoms with van der Waals surface area (Å²) in [5.41, 5.74) is 0. The van der Waals surface area contributed by atoms with Crippen molar-refractivity contribution in [2.45, 2.75) is 70.0 Å². The van der Waals surface area contributed by atoms with Crippen LogP contribution in [0, 0.1) is 5.92 Å². The Hall–Kier alpha value is -0.120. The molecule has 116 valence electrons. The standard InChI is InChI=1S/C17H33N3/c1-14-3-5-15(6-4-14)18-10-12-20-11-9-16-7-8-17(13-20)19(16)2/h14-18H,3-13H2,1-2H3. The maximum absolute atomic E-state index is 3.81. The molecule has 0 aromatic carbocycles. The first-order valence-corrected chi connectivity index (χ1v) is 8.90. The van der Waals surface area contributed by atoms with Gasteiger partial charge < -0.3 is 10.2 Å². The highest BCUT2D eigenvalue weighted by atomic mass is 15.3. The number of likely N-dealkylation sites (N-methyl/N-ethyl adjacent to an activating group) is 1. The molecular formula is C17H33N3. The SMILES string of the molecule is CC1CCC(NCCN2CCC3CCC(C2)N3C)CC1. The maximum Gasteiger partial charge on any atom is 0.0223 e. The Bertz CT molecular complexity index is 299. The van der Waals surface area contributed by atoms with Gasteiger partial charge in [-0.2, -0.15) is 0 Å². The second-order valence-electron chi connectivity index (χ2n) is 7.55. The average molecular weight is 279 g/mol. The molecule has 2 saturated heterocycles. The summed E-state index contributed by atoms with van der Waals surface area (Å²) in [6.07, 6.45) is 9.89. The lowest BCUT2D eigenvalue weighted by Crippen LogP contribution is -2.42. The quantitative estimate of drug-likeness (QED) is 0.852. The number of nitrogens with one attached hydrogen (secondary N) is 1. The molecule has 0 radical (unpaired) electrons. The van der Waals surface area contributed by atoms with Gasteiger partial charge in [0.1, 0.15) is 0 Å². The van der Waals surface area contributed by atoms with Gasteiger partial charge in [0.05, 0.1) is 0 Å². The van der Waals surface area contributed by atoms with Crippen LogP contribution in [0.4, 0.5) is 0 Å². The number of likely N-dealkylation sites (tertiary alicyclic amines) is 1. The molecule has 0 amide bonds. The Kier molecular flexibility index (Phi) is 5.00. The highest BCUT2D eigenvalue weighted by molar-refractivity contribution is 4.91. The van der Waals surface area contributed by atoms with Crippen LogP contribution in [-0.2, 0) is 0 Å². The van der Waals surface area contributed by atoms with Crippen LogP contribution in [0.25, 0.3) is 0 Å². The minimum atomic E-state index is 0.803. The van der Waals surface area contributed by atoms with Crippen molar-refractivity contribution in [3.63, 3.8) is 0 Å². The number of rotatable bonds is 4. The van der Waals surface area contributed by atoms with Crippen LogP contribution in [0.1, 0.15) is 51.9 Å². The van der Waals surface area contributed by atoms with Crippen molar-refractivity contribution < 1.29 is 0 Å². The third kappa shape index (κ3) is 3.55. The summed E-state index contributed by atoms with van der Waals surface area (Å²) in [5, 5.41) is 3.81. The fourth-order valence-electron chi connectivity index (χ4n) is 4.47. The van der Waals surface area contributed by atoms with Crippen molar-refractivity contribution in [2.24, 2.45) is 5.92 Å². The normalized spacial score (nSPS) is 39.9. The van der Waals surface area contributed by atoms with Crippen LogP contribution in [0.5, 0.6) is 0 Å². The summed E-state index contributed by atoms with van der Waals surface area (Å²) in [7, 11) is 2.34. The monoisotopic (exact) mass is 279 g/mol. The summed E-state index contributed by atoms with van der Waals surface area (Å²) in [4.78, 5) is 5.36. The number of nitrogens with zero attached hydrogens (tertiary/aromatic N) is 2. The molecule has 1 aliphatic carbocycles. The van der Waals surface area contributed by atoms with Gasteiger partial charge in [0.25, 0.3) is 0 Å². The fraction of sp³-hybridized carbons (Fsp3) is 1.00. The Labute approximate surface area is 125 Å². The van der Waals surface area contributed by atoms with E-state index < -0.39 is 0 Å². The molecule has 2 unspecified atom stereocenters. The van der Waals surface area contributed by atoms with Crippen molar-refractivity contribution in [3.8, 4) is 0 Å². The molecule has 0 spiro atoms. The maximum atomic E-state index is 3.81.